The van der Waals surface area contributed by atoms with Crippen LogP contribution in [-0.4, -0.2) is 29.1 Å². The van der Waals surface area contributed by atoms with Crippen molar-refractivity contribution in [3.8, 4) is 0 Å². The van der Waals surface area contributed by atoms with Crippen LogP contribution in [-0.2, 0) is 11.3 Å². The van der Waals surface area contributed by atoms with Gasteiger partial charge in [0.25, 0.3) is 0 Å². The Balaban J connectivity index is 2.06. The quantitative estimate of drug-likeness (QED) is 0.655. The Bertz CT molecular complexity index is 260. The molecule has 1 heterocycles. The average molecular weight is 198 g/mol. The summed E-state index contributed by atoms with van der Waals surface area (Å²) in [6, 6.07) is 0. The molecule has 6 nitrogen and oxygen atoms in total. The minimum Gasteiger partial charge on any atom is -0.355 e. The molecule has 1 aromatic rings. The molecule has 78 valence electrons. The van der Waals surface area contributed by atoms with Gasteiger partial charge in [0.15, 0.2) is 5.82 Å². The summed E-state index contributed by atoms with van der Waals surface area (Å²) in [4.78, 5) is 14.9. The van der Waals surface area contributed by atoms with E-state index < -0.39 is 0 Å². The Labute approximate surface area is 82.1 Å². The molecule has 0 atom stereocenters. The van der Waals surface area contributed by atoms with E-state index in [0.717, 1.165) is 6.42 Å². The number of amides is 1. The third kappa shape index (κ3) is 3.99. The number of hydrogen-bond acceptors (Lipinski definition) is 5. The molecule has 0 aromatic carbocycles. The van der Waals surface area contributed by atoms with Gasteiger partial charge in [-0.2, -0.15) is 4.98 Å². The van der Waals surface area contributed by atoms with Gasteiger partial charge in [-0.1, -0.05) is 12.1 Å². The lowest BCUT2D eigenvalue weighted by atomic mass is 10.4. The fourth-order valence-corrected chi connectivity index (χ4v) is 0.885. The van der Waals surface area contributed by atoms with Crippen molar-refractivity contribution in [3.05, 3.63) is 12.2 Å². The van der Waals surface area contributed by atoms with E-state index in [-0.39, 0.29) is 12.5 Å². The molecule has 0 unspecified atom stereocenters. The van der Waals surface area contributed by atoms with Crippen LogP contribution in [0.5, 0.6) is 0 Å². The lowest BCUT2D eigenvalue weighted by molar-refractivity contribution is -0.120. The van der Waals surface area contributed by atoms with Crippen molar-refractivity contribution in [3.63, 3.8) is 0 Å². The van der Waals surface area contributed by atoms with Gasteiger partial charge in [-0.15, -0.1) is 0 Å². The summed E-state index contributed by atoms with van der Waals surface area (Å²) < 4.78 is 4.54. The van der Waals surface area contributed by atoms with Gasteiger partial charge in [-0.3, -0.25) is 4.79 Å². The van der Waals surface area contributed by atoms with Crippen LogP contribution in [0.3, 0.4) is 0 Å². The van der Waals surface area contributed by atoms with Gasteiger partial charge in [-0.25, -0.2) is 0 Å². The first-order valence-corrected chi connectivity index (χ1v) is 4.55. The number of nitrogens with zero attached hydrogens (tertiary/aromatic N) is 2. The highest BCUT2D eigenvalue weighted by molar-refractivity contribution is 5.77. The first kappa shape index (κ1) is 10.6. The van der Waals surface area contributed by atoms with Crippen molar-refractivity contribution in [2.24, 2.45) is 0 Å². The van der Waals surface area contributed by atoms with Gasteiger partial charge < -0.3 is 15.2 Å². The number of carbonyl (C=O) groups excluding carboxylic acids is 1. The SMILES string of the molecule is CCCNC(=O)CNCc1ncon1. The van der Waals surface area contributed by atoms with Crippen LogP contribution in [0.1, 0.15) is 19.2 Å². The third-order valence-electron chi connectivity index (χ3n) is 1.55. The molecule has 1 rings (SSSR count). The molecule has 6 heteroatoms. The zero-order valence-electron chi connectivity index (χ0n) is 8.12. The van der Waals surface area contributed by atoms with E-state index in [1.165, 1.54) is 6.39 Å². The maximum atomic E-state index is 11.1. The summed E-state index contributed by atoms with van der Waals surface area (Å²) in [5.41, 5.74) is 0. The Hall–Kier alpha value is -1.43. The molecule has 0 saturated heterocycles. The van der Waals surface area contributed by atoms with Crippen LogP contribution in [0, 0.1) is 0 Å². The molecule has 0 radical (unpaired) electrons. The average Bonchev–Trinajstić information content (AvgIpc) is 2.67. The van der Waals surface area contributed by atoms with Crippen molar-refractivity contribution >= 4 is 5.91 Å². The summed E-state index contributed by atoms with van der Waals surface area (Å²) in [6.07, 6.45) is 2.20. The zero-order valence-corrected chi connectivity index (χ0v) is 8.12. The van der Waals surface area contributed by atoms with Crippen LogP contribution in [0.2, 0.25) is 0 Å². The van der Waals surface area contributed by atoms with E-state index in [9.17, 15) is 4.79 Å². The van der Waals surface area contributed by atoms with Crippen molar-refractivity contribution in [2.45, 2.75) is 19.9 Å². The molecule has 0 aliphatic heterocycles. The molecule has 14 heavy (non-hydrogen) atoms. The molecule has 0 spiro atoms. The van der Waals surface area contributed by atoms with E-state index in [0.29, 0.717) is 18.9 Å². The third-order valence-corrected chi connectivity index (χ3v) is 1.55. The molecule has 2 N–H and O–H groups in total. The topological polar surface area (TPSA) is 80.0 Å². The largest absolute Gasteiger partial charge is 0.355 e. The molecule has 1 amide bonds. The van der Waals surface area contributed by atoms with Gasteiger partial charge >= 0.3 is 0 Å². The Kier molecular flexibility index (Phi) is 4.63. The number of hydrogen-bond donors (Lipinski definition) is 2. The second kappa shape index (κ2) is 6.09. The molecule has 0 aliphatic rings. The van der Waals surface area contributed by atoms with Crippen LogP contribution < -0.4 is 10.6 Å². The molecule has 0 aliphatic carbocycles. The lowest BCUT2D eigenvalue weighted by Gasteiger charge is -2.03. The molecular weight excluding hydrogens is 184 g/mol. The fourth-order valence-electron chi connectivity index (χ4n) is 0.885. The van der Waals surface area contributed by atoms with Crippen LogP contribution >= 0.6 is 0 Å². The summed E-state index contributed by atoms with van der Waals surface area (Å²) >= 11 is 0. The van der Waals surface area contributed by atoms with Gasteiger partial charge in [0.1, 0.15) is 0 Å². The number of aromatic nitrogens is 2. The summed E-state index contributed by atoms with van der Waals surface area (Å²) in [5.74, 6) is 0.531. The predicted molar refractivity (Wildman–Crippen MR) is 49.3 cm³/mol. The molecule has 0 saturated carbocycles. The summed E-state index contributed by atoms with van der Waals surface area (Å²) in [6.45, 7) is 3.43. The smallest absolute Gasteiger partial charge is 0.233 e. The number of carbonyl (C=O) groups is 1. The van der Waals surface area contributed by atoms with Crippen molar-refractivity contribution in [1.29, 1.82) is 0 Å². The highest BCUT2D eigenvalue weighted by Crippen LogP contribution is 1.85. The second-order valence-electron chi connectivity index (χ2n) is 2.80. The van der Waals surface area contributed by atoms with Crippen LogP contribution in [0.4, 0.5) is 0 Å². The van der Waals surface area contributed by atoms with Crippen molar-refractivity contribution < 1.29 is 9.32 Å². The van der Waals surface area contributed by atoms with Gasteiger partial charge in [-0.05, 0) is 6.42 Å². The Morgan fingerprint density at radius 3 is 3.14 bits per heavy atom. The van der Waals surface area contributed by atoms with Gasteiger partial charge in [0.2, 0.25) is 12.3 Å². The highest BCUT2D eigenvalue weighted by Gasteiger charge is 2.01. The van der Waals surface area contributed by atoms with E-state index in [4.69, 9.17) is 0 Å². The van der Waals surface area contributed by atoms with E-state index in [2.05, 4.69) is 25.3 Å². The number of nitrogens with one attached hydrogen (secondary N) is 2. The molecule has 0 bridgehead atoms. The molecular formula is C8H14N4O2. The molecule has 0 fully saturated rings. The first-order valence-electron chi connectivity index (χ1n) is 4.55. The normalized spacial score (nSPS) is 10.1. The van der Waals surface area contributed by atoms with Crippen LogP contribution in [0.15, 0.2) is 10.9 Å². The minimum atomic E-state index is -0.0182. The predicted octanol–water partition coefficient (Wildman–Crippen LogP) is -0.315. The maximum absolute atomic E-state index is 11.1. The van der Waals surface area contributed by atoms with Crippen LogP contribution in [0.25, 0.3) is 0 Å². The zero-order chi connectivity index (χ0) is 10.2. The van der Waals surface area contributed by atoms with Crippen molar-refractivity contribution in [1.82, 2.24) is 20.8 Å². The molecule has 1 aromatic heterocycles. The monoisotopic (exact) mass is 198 g/mol. The summed E-state index contributed by atoms with van der Waals surface area (Å²) in [5, 5.41) is 9.24. The standard InChI is InChI=1S/C8H14N4O2/c1-2-3-10-8(13)5-9-4-7-11-6-14-12-7/h6,9H,2-5H2,1H3,(H,10,13). The maximum Gasteiger partial charge on any atom is 0.233 e. The fraction of sp³-hybridized carbons (Fsp3) is 0.625. The summed E-state index contributed by atoms with van der Waals surface area (Å²) in [7, 11) is 0. The Morgan fingerprint density at radius 1 is 1.64 bits per heavy atom. The second-order valence-corrected chi connectivity index (χ2v) is 2.80. The first-order chi connectivity index (χ1) is 6.83. The van der Waals surface area contributed by atoms with Gasteiger partial charge in [0.05, 0.1) is 13.1 Å². The Morgan fingerprint density at radius 2 is 2.50 bits per heavy atom. The van der Waals surface area contributed by atoms with Crippen molar-refractivity contribution in [2.75, 3.05) is 13.1 Å². The number of rotatable bonds is 6. The lowest BCUT2D eigenvalue weighted by Crippen LogP contribution is -2.34. The highest BCUT2D eigenvalue weighted by atomic mass is 16.5. The van der Waals surface area contributed by atoms with Gasteiger partial charge in [0, 0.05) is 6.54 Å². The van der Waals surface area contributed by atoms with E-state index >= 15 is 0 Å². The minimum absolute atomic E-state index is 0.0182. The van der Waals surface area contributed by atoms with E-state index in [1.54, 1.807) is 0 Å². The van der Waals surface area contributed by atoms with E-state index in [1.807, 2.05) is 6.92 Å².